The summed E-state index contributed by atoms with van der Waals surface area (Å²) in [6.45, 7) is 0. The molecular formula is C12H9Cl2NO3S. The Kier molecular flexibility index (Phi) is 3.89. The van der Waals surface area contributed by atoms with E-state index in [2.05, 4.69) is 4.72 Å². The zero-order valence-electron chi connectivity index (χ0n) is 9.47. The molecule has 2 aromatic rings. The van der Waals surface area contributed by atoms with Crippen LogP contribution in [-0.4, -0.2) is 13.5 Å². The number of hydrogen-bond acceptors (Lipinski definition) is 3. The lowest BCUT2D eigenvalue weighted by Crippen LogP contribution is -2.13. The van der Waals surface area contributed by atoms with E-state index in [1.807, 2.05) is 0 Å². The van der Waals surface area contributed by atoms with Crippen molar-refractivity contribution in [2.75, 3.05) is 4.72 Å². The Hall–Kier alpha value is -1.43. The SMILES string of the molecule is O=S(=O)(Nc1ccc(Cl)c(O)c1)c1ccccc1Cl. The van der Waals surface area contributed by atoms with Crippen LogP contribution in [0, 0.1) is 0 Å². The Labute approximate surface area is 120 Å². The smallest absolute Gasteiger partial charge is 0.263 e. The number of nitrogens with one attached hydrogen (secondary N) is 1. The van der Waals surface area contributed by atoms with E-state index < -0.39 is 10.0 Å². The molecule has 0 amide bonds. The third-order valence-corrected chi connectivity index (χ3v) is 4.53. The van der Waals surface area contributed by atoms with E-state index in [0.717, 1.165) is 0 Å². The van der Waals surface area contributed by atoms with Gasteiger partial charge < -0.3 is 5.11 Å². The quantitative estimate of drug-likeness (QED) is 0.910. The topological polar surface area (TPSA) is 66.4 Å². The first-order valence-corrected chi connectivity index (χ1v) is 7.40. The van der Waals surface area contributed by atoms with Crippen LogP contribution in [-0.2, 0) is 10.0 Å². The number of phenolic OH excluding ortho intramolecular Hbond substituents is 1. The largest absolute Gasteiger partial charge is 0.506 e. The average molecular weight is 318 g/mol. The third-order valence-electron chi connectivity index (χ3n) is 2.32. The lowest BCUT2D eigenvalue weighted by atomic mass is 10.3. The molecule has 19 heavy (non-hydrogen) atoms. The molecule has 0 aromatic heterocycles. The predicted molar refractivity (Wildman–Crippen MR) is 75.4 cm³/mol. The monoisotopic (exact) mass is 317 g/mol. The molecule has 100 valence electrons. The van der Waals surface area contributed by atoms with E-state index in [4.69, 9.17) is 23.2 Å². The number of halogens is 2. The van der Waals surface area contributed by atoms with Crippen LogP contribution in [0.2, 0.25) is 10.0 Å². The first-order valence-electron chi connectivity index (χ1n) is 5.16. The van der Waals surface area contributed by atoms with Crippen LogP contribution in [0.3, 0.4) is 0 Å². The van der Waals surface area contributed by atoms with Gasteiger partial charge in [-0.25, -0.2) is 8.42 Å². The highest BCUT2D eigenvalue weighted by molar-refractivity contribution is 7.92. The molecule has 0 aliphatic rings. The molecule has 0 bridgehead atoms. The van der Waals surface area contributed by atoms with Crippen molar-refractivity contribution in [3.05, 3.63) is 52.5 Å². The highest BCUT2D eigenvalue weighted by Gasteiger charge is 2.17. The van der Waals surface area contributed by atoms with Crippen molar-refractivity contribution >= 4 is 38.9 Å². The van der Waals surface area contributed by atoms with Crippen LogP contribution in [0.4, 0.5) is 5.69 Å². The molecule has 2 aromatic carbocycles. The number of rotatable bonds is 3. The van der Waals surface area contributed by atoms with Gasteiger partial charge in [0.2, 0.25) is 0 Å². The molecule has 0 aliphatic heterocycles. The van der Waals surface area contributed by atoms with Crippen LogP contribution in [0.5, 0.6) is 5.75 Å². The number of anilines is 1. The molecule has 0 aliphatic carbocycles. The van der Waals surface area contributed by atoms with Gasteiger partial charge >= 0.3 is 0 Å². The van der Waals surface area contributed by atoms with Gasteiger partial charge in [0.15, 0.2) is 0 Å². The average Bonchev–Trinajstić information content (AvgIpc) is 2.34. The summed E-state index contributed by atoms with van der Waals surface area (Å²) in [5.41, 5.74) is 0.196. The Bertz CT molecular complexity index is 717. The predicted octanol–water partition coefficient (Wildman–Crippen LogP) is 3.50. The number of phenols is 1. The maximum absolute atomic E-state index is 12.1. The molecule has 4 nitrogen and oxygen atoms in total. The summed E-state index contributed by atoms with van der Waals surface area (Å²) in [5, 5.41) is 9.69. The highest BCUT2D eigenvalue weighted by Crippen LogP contribution is 2.28. The van der Waals surface area contributed by atoms with Crippen LogP contribution >= 0.6 is 23.2 Å². The molecule has 0 spiro atoms. The molecule has 2 rings (SSSR count). The van der Waals surface area contributed by atoms with E-state index in [9.17, 15) is 13.5 Å². The van der Waals surface area contributed by atoms with Gasteiger partial charge in [-0.15, -0.1) is 0 Å². The standard InChI is InChI=1S/C12H9Cl2NO3S/c13-9-6-5-8(7-11(9)16)15-19(17,18)12-4-2-1-3-10(12)14/h1-7,15-16H. The Morgan fingerprint density at radius 2 is 1.68 bits per heavy atom. The van der Waals surface area contributed by atoms with Gasteiger partial charge in [0.05, 0.1) is 15.7 Å². The summed E-state index contributed by atoms with van der Waals surface area (Å²) in [7, 11) is -3.81. The van der Waals surface area contributed by atoms with Crippen molar-refractivity contribution in [3.8, 4) is 5.75 Å². The molecule has 0 atom stereocenters. The fourth-order valence-corrected chi connectivity index (χ4v) is 3.14. The Balaban J connectivity index is 2.37. The van der Waals surface area contributed by atoms with Crippen molar-refractivity contribution in [2.45, 2.75) is 4.90 Å². The van der Waals surface area contributed by atoms with Crippen LogP contribution in [0.15, 0.2) is 47.4 Å². The molecule has 0 radical (unpaired) electrons. The fraction of sp³-hybridized carbons (Fsp3) is 0. The van der Waals surface area contributed by atoms with Gasteiger partial charge in [-0.2, -0.15) is 0 Å². The van der Waals surface area contributed by atoms with Crippen molar-refractivity contribution in [2.24, 2.45) is 0 Å². The second-order valence-corrected chi connectivity index (χ2v) is 6.17. The highest BCUT2D eigenvalue weighted by atomic mass is 35.5. The molecule has 0 heterocycles. The molecule has 0 saturated carbocycles. The van der Waals surface area contributed by atoms with Crippen molar-refractivity contribution in [1.29, 1.82) is 0 Å². The van der Waals surface area contributed by atoms with E-state index in [1.54, 1.807) is 12.1 Å². The molecule has 7 heteroatoms. The molecule has 0 fully saturated rings. The lowest BCUT2D eigenvalue weighted by Gasteiger charge is -2.09. The summed E-state index contributed by atoms with van der Waals surface area (Å²) in [6.07, 6.45) is 0. The summed E-state index contributed by atoms with van der Waals surface area (Å²) in [4.78, 5) is -0.0360. The maximum Gasteiger partial charge on any atom is 0.263 e. The third kappa shape index (κ3) is 3.12. The second-order valence-electron chi connectivity index (χ2n) is 3.70. The minimum absolute atomic E-state index is 0.0360. The Morgan fingerprint density at radius 3 is 2.32 bits per heavy atom. The summed E-state index contributed by atoms with van der Waals surface area (Å²) in [5.74, 6) is -0.207. The number of benzene rings is 2. The zero-order chi connectivity index (χ0) is 14.0. The number of aromatic hydroxyl groups is 1. The second kappa shape index (κ2) is 5.28. The summed E-state index contributed by atoms with van der Waals surface area (Å²) >= 11 is 11.5. The van der Waals surface area contributed by atoms with E-state index in [0.29, 0.717) is 0 Å². The molecule has 0 saturated heterocycles. The molecule has 0 unspecified atom stereocenters. The first kappa shape index (κ1) is 14.0. The Morgan fingerprint density at radius 1 is 1.00 bits per heavy atom. The van der Waals surface area contributed by atoms with E-state index in [-0.39, 0.29) is 26.4 Å². The van der Waals surface area contributed by atoms with Gasteiger partial charge in [0.25, 0.3) is 10.0 Å². The van der Waals surface area contributed by atoms with Crippen LogP contribution in [0.1, 0.15) is 0 Å². The van der Waals surface area contributed by atoms with Crippen molar-refractivity contribution in [3.63, 3.8) is 0 Å². The normalized spacial score (nSPS) is 11.3. The maximum atomic E-state index is 12.1. The minimum atomic E-state index is -3.81. The van der Waals surface area contributed by atoms with Crippen molar-refractivity contribution in [1.82, 2.24) is 0 Å². The van der Waals surface area contributed by atoms with E-state index >= 15 is 0 Å². The van der Waals surface area contributed by atoms with E-state index in [1.165, 1.54) is 30.3 Å². The van der Waals surface area contributed by atoms with Gasteiger partial charge in [0.1, 0.15) is 10.6 Å². The summed E-state index contributed by atoms with van der Waals surface area (Å²) < 4.78 is 26.5. The lowest BCUT2D eigenvalue weighted by molar-refractivity contribution is 0.476. The van der Waals surface area contributed by atoms with Gasteiger partial charge in [0, 0.05) is 6.07 Å². The number of sulfonamides is 1. The zero-order valence-corrected chi connectivity index (χ0v) is 11.8. The van der Waals surface area contributed by atoms with Gasteiger partial charge in [-0.05, 0) is 24.3 Å². The van der Waals surface area contributed by atoms with Gasteiger partial charge in [-0.3, -0.25) is 4.72 Å². The molecule has 2 N–H and O–H groups in total. The fourth-order valence-electron chi connectivity index (χ4n) is 1.45. The number of hydrogen-bond donors (Lipinski definition) is 2. The first-order chi connectivity index (χ1) is 8.90. The van der Waals surface area contributed by atoms with Crippen molar-refractivity contribution < 1.29 is 13.5 Å². The van der Waals surface area contributed by atoms with Gasteiger partial charge in [-0.1, -0.05) is 35.3 Å². The van der Waals surface area contributed by atoms with Crippen LogP contribution in [0.25, 0.3) is 0 Å². The minimum Gasteiger partial charge on any atom is -0.506 e. The van der Waals surface area contributed by atoms with Crippen LogP contribution < -0.4 is 4.72 Å². The molecular weight excluding hydrogens is 309 g/mol. The summed E-state index contributed by atoms with van der Waals surface area (Å²) in [6, 6.07) is 10.1.